The van der Waals surface area contributed by atoms with Crippen molar-refractivity contribution >= 4 is 34.6 Å². The van der Waals surface area contributed by atoms with Gasteiger partial charge in [0.05, 0.1) is 9.74 Å². The highest BCUT2D eigenvalue weighted by Gasteiger charge is 2.32. The number of carbonyl (C=O) groups is 2. The van der Waals surface area contributed by atoms with Crippen LogP contribution in [-0.4, -0.2) is 41.1 Å². The second-order valence-electron chi connectivity index (χ2n) is 6.06. The minimum Gasteiger partial charge on any atom is -0.465 e. The molecule has 1 aliphatic heterocycles. The van der Waals surface area contributed by atoms with Crippen molar-refractivity contribution in [2.45, 2.75) is 18.8 Å². The van der Waals surface area contributed by atoms with Crippen molar-refractivity contribution in [2.75, 3.05) is 13.1 Å². The second-order valence-corrected chi connectivity index (χ2v) is 7.09. The van der Waals surface area contributed by atoms with Crippen LogP contribution in [0.5, 0.6) is 5.75 Å². The molecule has 1 aromatic heterocycles. The quantitative estimate of drug-likeness (QED) is 0.538. The van der Waals surface area contributed by atoms with E-state index in [9.17, 15) is 22.8 Å². The maximum Gasteiger partial charge on any atom is 0.573 e. The van der Waals surface area contributed by atoms with E-state index in [0.29, 0.717) is 33.5 Å². The molecule has 0 saturated carbocycles. The molecule has 0 saturated heterocycles. The fourth-order valence-corrected chi connectivity index (χ4v) is 4.19. The van der Waals surface area contributed by atoms with Crippen LogP contribution in [0.1, 0.15) is 23.0 Å². The van der Waals surface area contributed by atoms with Gasteiger partial charge in [-0.15, -0.1) is 13.2 Å². The number of rotatable bonds is 5. The molecule has 0 bridgehead atoms. The molecule has 150 valence electrons. The Bertz CT molecular complexity index is 914. The normalized spacial score (nSPS) is 16.3. The summed E-state index contributed by atoms with van der Waals surface area (Å²) in [7, 11) is 0. The average Bonchev–Trinajstić information content (AvgIpc) is 2.94. The highest BCUT2D eigenvalue weighted by Crippen LogP contribution is 2.35. The lowest BCUT2D eigenvalue weighted by Crippen LogP contribution is -2.40. The van der Waals surface area contributed by atoms with Crippen LogP contribution in [0.4, 0.5) is 18.0 Å². The molecule has 1 atom stereocenters. The third-order valence-corrected chi connectivity index (χ3v) is 5.30. The first-order chi connectivity index (χ1) is 13.2. The Kier molecular flexibility index (Phi) is 5.72. The van der Waals surface area contributed by atoms with Crippen molar-refractivity contribution in [1.82, 2.24) is 15.2 Å². The van der Waals surface area contributed by atoms with E-state index in [2.05, 4.69) is 15.4 Å². The molecule has 0 spiro atoms. The van der Waals surface area contributed by atoms with Crippen LogP contribution in [-0.2, 0) is 0 Å². The van der Waals surface area contributed by atoms with E-state index in [1.54, 1.807) is 16.7 Å². The molecular formula is C17H15F3IN3O4. The van der Waals surface area contributed by atoms with Crippen molar-refractivity contribution in [2.24, 2.45) is 0 Å². The van der Waals surface area contributed by atoms with Gasteiger partial charge in [-0.2, -0.15) is 0 Å². The third kappa shape index (κ3) is 4.51. The van der Waals surface area contributed by atoms with E-state index in [0.717, 1.165) is 0 Å². The highest BCUT2D eigenvalue weighted by atomic mass is 127. The van der Waals surface area contributed by atoms with Crippen LogP contribution in [0.15, 0.2) is 30.3 Å². The summed E-state index contributed by atoms with van der Waals surface area (Å²) in [5.74, 6) is -0.647. The summed E-state index contributed by atoms with van der Waals surface area (Å²) in [5, 5.41) is 13.7. The Morgan fingerprint density at radius 3 is 2.82 bits per heavy atom. The van der Waals surface area contributed by atoms with E-state index in [1.807, 2.05) is 22.6 Å². The zero-order valence-electron chi connectivity index (χ0n) is 14.2. The van der Waals surface area contributed by atoms with Crippen LogP contribution in [0.25, 0.3) is 11.1 Å². The number of carbonyl (C=O) groups excluding carboxylic acids is 1. The predicted octanol–water partition coefficient (Wildman–Crippen LogP) is 3.60. The summed E-state index contributed by atoms with van der Waals surface area (Å²) in [6.45, 7) is 0.530. The molecular weight excluding hydrogens is 494 g/mol. The van der Waals surface area contributed by atoms with Gasteiger partial charge in [-0.05, 0) is 52.8 Å². The van der Waals surface area contributed by atoms with Crippen molar-refractivity contribution in [3.63, 3.8) is 0 Å². The Balaban J connectivity index is 1.94. The molecule has 0 fully saturated rings. The van der Waals surface area contributed by atoms with Gasteiger partial charge >= 0.3 is 12.5 Å². The monoisotopic (exact) mass is 509 g/mol. The minimum absolute atomic E-state index is 0.185. The molecule has 2 aromatic rings. The molecule has 0 radical (unpaired) electrons. The Hall–Kier alpha value is -2.44. The maximum absolute atomic E-state index is 12.5. The molecule has 2 amide bonds. The molecule has 28 heavy (non-hydrogen) atoms. The Morgan fingerprint density at radius 2 is 2.14 bits per heavy atom. The number of fused-ring (bicyclic) bond motifs is 1. The van der Waals surface area contributed by atoms with Crippen LogP contribution in [0.3, 0.4) is 0 Å². The van der Waals surface area contributed by atoms with Crippen LogP contribution in [0, 0.1) is 3.70 Å². The van der Waals surface area contributed by atoms with Gasteiger partial charge in [0.15, 0.2) is 0 Å². The highest BCUT2D eigenvalue weighted by molar-refractivity contribution is 14.1. The van der Waals surface area contributed by atoms with E-state index < -0.39 is 12.5 Å². The van der Waals surface area contributed by atoms with Crippen LogP contribution in [0.2, 0.25) is 0 Å². The van der Waals surface area contributed by atoms with Gasteiger partial charge in [0.2, 0.25) is 0 Å². The lowest BCUT2D eigenvalue weighted by Gasteiger charge is -2.27. The second kappa shape index (κ2) is 7.89. The number of alkyl halides is 3. The molecule has 2 heterocycles. The number of hydrogen-bond acceptors (Lipinski definition) is 3. The molecule has 1 aliphatic rings. The van der Waals surface area contributed by atoms with E-state index in [1.165, 1.54) is 18.2 Å². The number of amides is 2. The molecule has 7 nitrogen and oxygen atoms in total. The van der Waals surface area contributed by atoms with Crippen molar-refractivity contribution in [3.05, 3.63) is 39.7 Å². The SMILES string of the molecule is O=C(O)NCC[C@H]1CNC(=O)c2cc(-c3cccc(OC(F)(F)F)c3)c(I)n21. The lowest BCUT2D eigenvalue weighted by molar-refractivity contribution is -0.274. The predicted molar refractivity (Wildman–Crippen MR) is 101 cm³/mol. The van der Waals surface area contributed by atoms with Crippen molar-refractivity contribution < 1.29 is 32.6 Å². The molecule has 1 aromatic carbocycles. The number of ether oxygens (including phenoxy) is 1. The van der Waals surface area contributed by atoms with E-state index in [-0.39, 0.29) is 24.2 Å². The first-order valence-corrected chi connectivity index (χ1v) is 9.25. The summed E-state index contributed by atoms with van der Waals surface area (Å²) >= 11 is 2.04. The summed E-state index contributed by atoms with van der Waals surface area (Å²) in [6.07, 6.45) is -5.49. The molecule has 3 rings (SSSR count). The number of benzene rings is 1. The molecule has 0 aliphatic carbocycles. The summed E-state index contributed by atoms with van der Waals surface area (Å²) < 4.78 is 43.9. The number of aromatic nitrogens is 1. The van der Waals surface area contributed by atoms with Gasteiger partial charge < -0.3 is 25.0 Å². The van der Waals surface area contributed by atoms with Gasteiger partial charge in [-0.1, -0.05) is 12.1 Å². The molecule has 11 heteroatoms. The van der Waals surface area contributed by atoms with Crippen LogP contribution < -0.4 is 15.4 Å². The van der Waals surface area contributed by atoms with Gasteiger partial charge in [-0.25, -0.2) is 4.79 Å². The third-order valence-electron chi connectivity index (χ3n) is 4.20. The fourth-order valence-electron chi connectivity index (χ4n) is 3.07. The zero-order chi connectivity index (χ0) is 20.5. The van der Waals surface area contributed by atoms with E-state index >= 15 is 0 Å². The largest absolute Gasteiger partial charge is 0.573 e. The standard InChI is InChI=1S/C17H15F3IN3O4/c18-17(19,20)28-11-3-1-2-9(6-11)12-7-13-15(25)23-8-10(24(13)14(12)21)4-5-22-16(26)27/h1-3,6-7,10,22H,4-5,8H2,(H,23,25)(H,26,27)/t10-/m0/s1. The number of nitrogens with one attached hydrogen (secondary N) is 2. The average molecular weight is 509 g/mol. The minimum atomic E-state index is -4.80. The lowest BCUT2D eigenvalue weighted by atomic mass is 10.1. The van der Waals surface area contributed by atoms with Crippen LogP contribution >= 0.6 is 22.6 Å². The van der Waals surface area contributed by atoms with Gasteiger partial charge in [0.1, 0.15) is 11.4 Å². The summed E-state index contributed by atoms with van der Waals surface area (Å²) in [6, 6.07) is 6.96. The summed E-state index contributed by atoms with van der Waals surface area (Å²) in [5.41, 5.74) is 1.44. The van der Waals surface area contributed by atoms with E-state index in [4.69, 9.17) is 5.11 Å². The number of halogens is 4. The summed E-state index contributed by atoms with van der Waals surface area (Å²) in [4.78, 5) is 22.9. The first kappa shape index (κ1) is 20.3. The Labute approximate surface area is 171 Å². The molecule has 0 unspecified atom stereocenters. The van der Waals surface area contributed by atoms with Gasteiger partial charge in [-0.3, -0.25) is 4.79 Å². The Morgan fingerprint density at radius 1 is 1.39 bits per heavy atom. The smallest absolute Gasteiger partial charge is 0.465 e. The zero-order valence-corrected chi connectivity index (χ0v) is 16.4. The topological polar surface area (TPSA) is 92.6 Å². The van der Waals surface area contributed by atoms with Crippen molar-refractivity contribution in [1.29, 1.82) is 0 Å². The number of nitrogens with zero attached hydrogens (tertiary/aromatic N) is 1. The first-order valence-electron chi connectivity index (χ1n) is 8.17. The maximum atomic E-state index is 12.5. The molecule has 3 N–H and O–H groups in total. The fraction of sp³-hybridized carbons (Fsp3) is 0.294. The van der Waals surface area contributed by atoms with Gasteiger partial charge in [0, 0.05) is 18.7 Å². The van der Waals surface area contributed by atoms with Gasteiger partial charge in [0.25, 0.3) is 5.91 Å². The number of carboxylic acid groups (broad SMARTS) is 1. The van der Waals surface area contributed by atoms with Crippen molar-refractivity contribution in [3.8, 4) is 16.9 Å². The number of hydrogen-bond donors (Lipinski definition) is 3.